The Kier molecular flexibility index (Phi) is 5.43. The molecule has 1 heterocycles. The Balaban J connectivity index is 2.21. The molecule has 23 heavy (non-hydrogen) atoms. The molecule has 126 valence electrons. The average molecular weight is 343 g/mol. The SMILES string of the molecule is C=C(Nc1ccc(OP(=O)(O)OCC)cc1CC1CO1)C(=O)O. The Morgan fingerprint density at radius 1 is 1.57 bits per heavy atom. The van der Waals surface area contributed by atoms with Crippen LogP contribution >= 0.6 is 7.82 Å². The molecule has 0 aromatic heterocycles. The van der Waals surface area contributed by atoms with Crippen LogP contribution in [0.4, 0.5) is 5.69 Å². The third-order valence-corrected chi connectivity index (χ3v) is 4.01. The molecule has 1 fully saturated rings. The van der Waals surface area contributed by atoms with E-state index >= 15 is 0 Å². The van der Waals surface area contributed by atoms with Gasteiger partial charge in [0.25, 0.3) is 0 Å². The molecule has 1 aromatic carbocycles. The van der Waals surface area contributed by atoms with Gasteiger partial charge in [-0.3, -0.25) is 9.42 Å². The molecule has 1 aliphatic rings. The molecule has 3 N–H and O–H groups in total. The molecule has 2 atom stereocenters. The minimum Gasteiger partial charge on any atom is -0.477 e. The largest absolute Gasteiger partial charge is 0.527 e. The summed E-state index contributed by atoms with van der Waals surface area (Å²) in [4.78, 5) is 20.4. The first-order valence-electron chi connectivity index (χ1n) is 6.91. The van der Waals surface area contributed by atoms with Crippen LogP contribution in [0.3, 0.4) is 0 Å². The van der Waals surface area contributed by atoms with E-state index in [0.29, 0.717) is 24.3 Å². The fourth-order valence-corrected chi connectivity index (χ4v) is 2.65. The van der Waals surface area contributed by atoms with Crippen LogP contribution in [0.1, 0.15) is 12.5 Å². The Bertz CT molecular complexity index is 657. The van der Waals surface area contributed by atoms with Crippen molar-refractivity contribution in [2.24, 2.45) is 0 Å². The topological polar surface area (TPSA) is 118 Å². The fraction of sp³-hybridized carbons (Fsp3) is 0.357. The number of phosphoric acid groups is 1. The second-order valence-electron chi connectivity index (χ2n) is 4.86. The lowest BCUT2D eigenvalue weighted by molar-refractivity contribution is -0.132. The standard InChI is InChI=1S/C14H18NO7P/c1-3-21-23(18,19)22-11-4-5-13(15-9(2)14(16)17)10(6-11)7-12-8-20-12/h4-6,12,15H,2-3,7-8H2,1H3,(H,16,17)(H,18,19). The maximum atomic E-state index is 11.7. The highest BCUT2D eigenvalue weighted by Crippen LogP contribution is 2.44. The molecule has 9 heteroatoms. The third kappa shape index (κ3) is 5.37. The van der Waals surface area contributed by atoms with Crippen molar-refractivity contribution < 1.29 is 33.1 Å². The summed E-state index contributed by atoms with van der Waals surface area (Å²) in [6, 6.07) is 4.53. The van der Waals surface area contributed by atoms with Crippen molar-refractivity contribution in [2.45, 2.75) is 19.4 Å². The van der Waals surface area contributed by atoms with E-state index in [4.69, 9.17) is 14.4 Å². The highest BCUT2D eigenvalue weighted by molar-refractivity contribution is 7.47. The van der Waals surface area contributed by atoms with Gasteiger partial charge in [-0.1, -0.05) is 6.58 Å². The van der Waals surface area contributed by atoms with Gasteiger partial charge in [0.15, 0.2) is 0 Å². The molecule has 0 saturated carbocycles. The summed E-state index contributed by atoms with van der Waals surface area (Å²) in [5.41, 5.74) is 1.02. The number of benzene rings is 1. The van der Waals surface area contributed by atoms with Gasteiger partial charge in [0.1, 0.15) is 11.4 Å². The number of phosphoric ester groups is 1. The van der Waals surface area contributed by atoms with Crippen LogP contribution < -0.4 is 9.84 Å². The first-order valence-corrected chi connectivity index (χ1v) is 8.41. The molecule has 1 aromatic rings. The molecule has 2 unspecified atom stereocenters. The van der Waals surface area contributed by atoms with Crippen LogP contribution in [0.2, 0.25) is 0 Å². The monoisotopic (exact) mass is 343 g/mol. The highest BCUT2D eigenvalue weighted by Gasteiger charge is 2.26. The lowest BCUT2D eigenvalue weighted by Crippen LogP contribution is -2.11. The van der Waals surface area contributed by atoms with Crippen LogP contribution in [0.15, 0.2) is 30.5 Å². The third-order valence-electron chi connectivity index (χ3n) is 2.98. The molecule has 0 amide bonds. The number of ether oxygens (including phenoxy) is 1. The van der Waals surface area contributed by atoms with E-state index in [-0.39, 0.29) is 24.2 Å². The maximum Gasteiger partial charge on any atom is 0.527 e. The Morgan fingerprint density at radius 2 is 2.26 bits per heavy atom. The molecular formula is C14H18NO7P. The lowest BCUT2D eigenvalue weighted by Gasteiger charge is -2.15. The zero-order valence-electron chi connectivity index (χ0n) is 12.5. The molecule has 0 radical (unpaired) electrons. The quantitative estimate of drug-likeness (QED) is 0.355. The number of hydrogen-bond donors (Lipinski definition) is 3. The van der Waals surface area contributed by atoms with Gasteiger partial charge in [0.05, 0.1) is 19.3 Å². The number of rotatable bonds is 9. The normalized spacial score (nSPS) is 18.8. The number of hydrogen-bond acceptors (Lipinski definition) is 6. The molecule has 0 spiro atoms. The molecular weight excluding hydrogens is 325 g/mol. The summed E-state index contributed by atoms with van der Waals surface area (Å²) in [7, 11) is -4.17. The van der Waals surface area contributed by atoms with Crippen molar-refractivity contribution in [3.05, 3.63) is 36.0 Å². The number of aliphatic carboxylic acids is 1. The minimum absolute atomic E-state index is 0.0363. The van der Waals surface area contributed by atoms with E-state index in [1.807, 2.05) is 0 Å². The summed E-state index contributed by atoms with van der Waals surface area (Å²) in [5.74, 6) is -1.03. The molecule has 0 aliphatic carbocycles. The second kappa shape index (κ2) is 7.14. The van der Waals surface area contributed by atoms with Gasteiger partial charge in [-0.15, -0.1) is 0 Å². The van der Waals surface area contributed by atoms with Gasteiger partial charge in [-0.25, -0.2) is 9.36 Å². The van der Waals surface area contributed by atoms with Gasteiger partial charge in [0, 0.05) is 12.1 Å². The first kappa shape index (κ1) is 17.5. The van der Waals surface area contributed by atoms with Gasteiger partial charge in [-0.2, -0.15) is 0 Å². The van der Waals surface area contributed by atoms with Gasteiger partial charge in [-0.05, 0) is 30.7 Å². The van der Waals surface area contributed by atoms with E-state index < -0.39 is 13.8 Å². The molecule has 1 saturated heterocycles. The van der Waals surface area contributed by atoms with E-state index in [1.54, 1.807) is 19.1 Å². The van der Waals surface area contributed by atoms with Crippen molar-refractivity contribution in [2.75, 3.05) is 18.5 Å². The van der Waals surface area contributed by atoms with Crippen LogP contribution in [0, 0.1) is 0 Å². The van der Waals surface area contributed by atoms with Gasteiger partial charge < -0.3 is 19.7 Å². The van der Waals surface area contributed by atoms with Crippen molar-refractivity contribution in [1.29, 1.82) is 0 Å². The van der Waals surface area contributed by atoms with Crippen molar-refractivity contribution >= 4 is 19.5 Å². The number of carboxylic acid groups (broad SMARTS) is 1. The van der Waals surface area contributed by atoms with Crippen molar-refractivity contribution in [3.63, 3.8) is 0 Å². The van der Waals surface area contributed by atoms with E-state index in [1.165, 1.54) is 6.07 Å². The van der Waals surface area contributed by atoms with E-state index in [0.717, 1.165) is 0 Å². The molecule has 2 rings (SSSR count). The molecule has 8 nitrogen and oxygen atoms in total. The van der Waals surface area contributed by atoms with Crippen LogP contribution in [-0.4, -0.2) is 35.3 Å². The number of carbonyl (C=O) groups is 1. The zero-order valence-corrected chi connectivity index (χ0v) is 13.4. The smallest absolute Gasteiger partial charge is 0.477 e. The second-order valence-corrected chi connectivity index (χ2v) is 6.24. The maximum absolute atomic E-state index is 11.7. The summed E-state index contributed by atoms with van der Waals surface area (Å²) in [5, 5.41) is 11.6. The minimum atomic E-state index is -4.17. The summed E-state index contributed by atoms with van der Waals surface area (Å²) < 4.78 is 26.4. The van der Waals surface area contributed by atoms with E-state index in [9.17, 15) is 14.3 Å². The number of anilines is 1. The first-order chi connectivity index (χ1) is 10.8. The van der Waals surface area contributed by atoms with Gasteiger partial charge >= 0.3 is 13.8 Å². The van der Waals surface area contributed by atoms with Crippen molar-refractivity contribution in [3.8, 4) is 5.75 Å². The predicted molar refractivity (Wildman–Crippen MR) is 82.4 cm³/mol. The highest BCUT2D eigenvalue weighted by atomic mass is 31.2. The molecule has 0 bridgehead atoms. The Morgan fingerprint density at radius 3 is 2.83 bits per heavy atom. The summed E-state index contributed by atoms with van der Waals surface area (Å²) >= 11 is 0. The summed E-state index contributed by atoms with van der Waals surface area (Å²) in [6.07, 6.45) is 0.549. The Hall–Kier alpha value is -1.86. The van der Waals surface area contributed by atoms with Crippen LogP contribution in [0.5, 0.6) is 5.75 Å². The summed E-state index contributed by atoms with van der Waals surface area (Å²) in [6.45, 7) is 5.64. The van der Waals surface area contributed by atoms with Crippen LogP contribution in [0.25, 0.3) is 0 Å². The zero-order chi connectivity index (χ0) is 17.0. The Labute approximate surface area is 133 Å². The number of nitrogens with one attached hydrogen (secondary N) is 1. The molecule has 1 aliphatic heterocycles. The lowest BCUT2D eigenvalue weighted by atomic mass is 10.1. The van der Waals surface area contributed by atoms with Gasteiger partial charge in [0.2, 0.25) is 0 Å². The fourth-order valence-electron chi connectivity index (χ4n) is 1.89. The number of carboxylic acids is 1. The van der Waals surface area contributed by atoms with Crippen molar-refractivity contribution in [1.82, 2.24) is 0 Å². The van der Waals surface area contributed by atoms with E-state index in [2.05, 4.69) is 16.4 Å². The predicted octanol–water partition coefficient (Wildman–Crippen LogP) is 2.15. The average Bonchev–Trinajstić information content (AvgIpc) is 3.24. The number of epoxide rings is 1. The van der Waals surface area contributed by atoms with Crippen LogP contribution in [-0.2, 0) is 25.0 Å².